The van der Waals surface area contributed by atoms with Gasteiger partial charge in [-0.25, -0.2) is 0 Å². The van der Waals surface area contributed by atoms with Crippen LogP contribution in [-0.4, -0.2) is 42.9 Å². The highest BCUT2D eigenvalue weighted by Crippen LogP contribution is 2.41. The van der Waals surface area contributed by atoms with Crippen molar-refractivity contribution in [2.24, 2.45) is 13.0 Å². The SMILES string of the molecule is C=C.C=CC(=O)N1CCCc2nn(Cc3cc4c(c(C(F)(F)F)c3)CN(c3ccccc3)C4=O)cc21.CC1CC(c2nncn2C)C1. The van der Waals surface area contributed by atoms with E-state index in [4.69, 9.17) is 0 Å². The Morgan fingerprint density at radius 3 is 2.47 bits per heavy atom. The fourth-order valence-corrected chi connectivity index (χ4v) is 6.39. The maximum Gasteiger partial charge on any atom is 0.416 e. The molecule has 7 rings (SSSR count). The first-order valence-electron chi connectivity index (χ1n) is 15.5. The van der Waals surface area contributed by atoms with E-state index in [0.29, 0.717) is 41.5 Å². The normalized spacial score (nSPS) is 18.2. The van der Waals surface area contributed by atoms with Gasteiger partial charge in [-0.05, 0) is 73.1 Å². The van der Waals surface area contributed by atoms with Crippen molar-refractivity contribution in [2.75, 3.05) is 16.3 Å². The summed E-state index contributed by atoms with van der Waals surface area (Å²) in [7, 11) is 2.01. The summed E-state index contributed by atoms with van der Waals surface area (Å²) in [4.78, 5) is 28.2. The highest BCUT2D eigenvalue weighted by molar-refractivity contribution is 6.10. The molecule has 2 aromatic heterocycles. The molecule has 246 valence electrons. The van der Waals surface area contributed by atoms with Gasteiger partial charge in [-0.1, -0.05) is 31.7 Å². The van der Waals surface area contributed by atoms with Crippen molar-refractivity contribution in [3.8, 4) is 0 Å². The lowest BCUT2D eigenvalue weighted by Gasteiger charge is -2.31. The predicted molar refractivity (Wildman–Crippen MR) is 174 cm³/mol. The topological polar surface area (TPSA) is 89.2 Å². The van der Waals surface area contributed by atoms with Gasteiger partial charge < -0.3 is 14.4 Å². The van der Waals surface area contributed by atoms with Crippen LogP contribution >= 0.6 is 0 Å². The van der Waals surface area contributed by atoms with Crippen LogP contribution in [-0.2, 0) is 37.5 Å². The number of rotatable bonds is 5. The summed E-state index contributed by atoms with van der Waals surface area (Å²) in [6.45, 7) is 12.2. The highest BCUT2D eigenvalue weighted by atomic mass is 19.4. The molecule has 47 heavy (non-hydrogen) atoms. The van der Waals surface area contributed by atoms with Crippen LogP contribution in [0, 0.1) is 5.92 Å². The summed E-state index contributed by atoms with van der Waals surface area (Å²) >= 11 is 0. The molecule has 12 heteroatoms. The standard InChI is InChI=1S/C25H21F3N4O2.C8H13N3.C2H4/c1-2-23(33)31-10-6-9-21-22(31)15-30(29-21)13-16-11-18-19(20(12-16)25(26,27)28)14-32(24(18)34)17-7-4-3-5-8-17;1-6-3-7(4-6)8-10-9-5-11(8)2;1-2/h2-5,7-8,11-12,15H,1,6,9-10,13-14H2;5-7H,3-4H2,1-2H3;1-2H2. The van der Waals surface area contributed by atoms with E-state index in [1.165, 1.54) is 34.6 Å². The van der Waals surface area contributed by atoms with Crippen LogP contribution in [0.4, 0.5) is 24.5 Å². The summed E-state index contributed by atoms with van der Waals surface area (Å²) in [5, 5.41) is 12.4. The van der Waals surface area contributed by atoms with E-state index in [0.717, 1.165) is 24.2 Å². The first-order valence-corrected chi connectivity index (χ1v) is 15.5. The monoisotopic (exact) mass is 645 g/mol. The molecule has 9 nitrogen and oxygen atoms in total. The molecule has 2 aromatic carbocycles. The van der Waals surface area contributed by atoms with E-state index >= 15 is 0 Å². The van der Waals surface area contributed by atoms with Gasteiger partial charge >= 0.3 is 6.18 Å². The van der Waals surface area contributed by atoms with Crippen molar-refractivity contribution in [1.82, 2.24) is 24.5 Å². The molecule has 2 aliphatic heterocycles. The van der Waals surface area contributed by atoms with Gasteiger partial charge in [0, 0.05) is 37.0 Å². The smallest absolute Gasteiger partial charge is 0.320 e. The van der Waals surface area contributed by atoms with Gasteiger partial charge in [-0.15, -0.1) is 23.4 Å². The fraction of sp³-hybridized carbons (Fsp3) is 0.343. The zero-order valence-corrected chi connectivity index (χ0v) is 26.6. The molecule has 0 atom stereocenters. The van der Waals surface area contributed by atoms with Crippen LogP contribution in [0.1, 0.15) is 70.7 Å². The lowest BCUT2D eigenvalue weighted by atomic mass is 9.76. The molecule has 1 aliphatic carbocycles. The minimum absolute atomic E-state index is 0.0207. The highest BCUT2D eigenvalue weighted by Gasteiger charge is 2.40. The number of amides is 2. The third-order valence-corrected chi connectivity index (χ3v) is 8.65. The van der Waals surface area contributed by atoms with Crippen LogP contribution in [0.15, 0.2) is 80.8 Å². The summed E-state index contributed by atoms with van der Waals surface area (Å²) in [6.07, 6.45) is 4.04. The van der Waals surface area contributed by atoms with Crippen LogP contribution in [0.3, 0.4) is 0 Å². The molecule has 0 saturated heterocycles. The van der Waals surface area contributed by atoms with Crippen molar-refractivity contribution in [1.29, 1.82) is 0 Å². The number of anilines is 2. The number of nitrogens with zero attached hydrogens (tertiary/aromatic N) is 7. The van der Waals surface area contributed by atoms with E-state index in [2.05, 4.69) is 42.0 Å². The Balaban J connectivity index is 0.000000279. The van der Waals surface area contributed by atoms with Crippen LogP contribution in [0.5, 0.6) is 0 Å². The summed E-state index contributed by atoms with van der Waals surface area (Å²) in [5.41, 5.74) is 1.43. The Labute approximate surface area is 272 Å². The third-order valence-electron chi connectivity index (χ3n) is 8.65. The Morgan fingerprint density at radius 1 is 1.13 bits per heavy atom. The van der Waals surface area contributed by atoms with Crippen LogP contribution in [0.25, 0.3) is 0 Å². The molecule has 1 fully saturated rings. The van der Waals surface area contributed by atoms with Gasteiger partial charge in [0.1, 0.15) is 12.2 Å². The van der Waals surface area contributed by atoms with Crippen molar-refractivity contribution < 1.29 is 22.8 Å². The summed E-state index contributed by atoms with van der Waals surface area (Å²) in [5.74, 6) is 2.01. The van der Waals surface area contributed by atoms with Crippen molar-refractivity contribution >= 4 is 23.2 Å². The molecule has 4 heterocycles. The summed E-state index contributed by atoms with van der Waals surface area (Å²) in [6, 6.07) is 11.3. The van der Waals surface area contributed by atoms with E-state index in [-0.39, 0.29) is 30.1 Å². The maximum atomic E-state index is 14.0. The zero-order valence-electron chi connectivity index (χ0n) is 26.6. The average Bonchev–Trinajstić information content (AvgIpc) is 3.76. The number of carbonyl (C=O) groups is 2. The van der Waals surface area contributed by atoms with E-state index < -0.39 is 17.6 Å². The quantitative estimate of drug-likeness (QED) is 0.178. The maximum absolute atomic E-state index is 14.0. The molecular weight excluding hydrogens is 607 g/mol. The lowest BCUT2D eigenvalue weighted by Crippen LogP contribution is -2.33. The second-order valence-corrected chi connectivity index (χ2v) is 11.9. The Bertz CT molecular complexity index is 1760. The first kappa shape index (κ1) is 33.4. The molecule has 0 N–H and O–H groups in total. The summed E-state index contributed by atoms with van der Waals surface area (Å²) < 4.78 is 45.5. The van der Waals surface area contributed by atoms with Crippen LogP contribution < -0.4 is 9.80 Å². The molecule has 3 aliphatic rings. The molecule has 0 radical (unpaired) electrons. The fourth-order valence-electron chi connectivity index (χ4n) is 6.39. The molecular formula is C35H38F3N7O2. The zero-order chi connectivity index (χ0) is 33.9. The second-order valence-electron chi connectivity index (χ2n) is 11.9. The molecule has 2 amide bonds. The number of halogens is 3. The van der Waals surface area contributed by atoms with E-state index in [9.17, 15) is 22.8 Å². The Kier molecular flexibility index (Phi) is 9.78. The number of benzene rings is 2. The van der Waals surface area contributed by atoms with Gasteiger partial charge in [-0.3, -0.25) is 14.3 Å². The second kappa shape index (κ2) is 13.8. The van der Waals surface area contributed by atoms with Gasteiger partial charge in [0.2, 0.25) is 5.91 Å². The number of aromatic nitrogens is 5. The number of hydrogen-bond donors (Lipinski definition) is 0. The lowest BCUT2D eigenvalue weighted by molar-refractivity contribution is -0.138. The molecule has 0 bridgehead atoms. The largest absolute Gasteiger partial charge is 0.416 e. The van der Waals surface area contributed by atoms with Crippen LogP contribution in [0.2, 0.25) is 0 Å². The van der Waals surface area contributed by atoms with Gasteiger partial charge in [-0.2, -0.15) is 18.3 Å². The molecule has 1 saturated carbocycles. The van der Waals surface area contributed by atoms with Gasteiger partial charge in [0.15, 0.2) is 0 Å². The number of para-hydroxylation sites is 1. The predicted octanol–water partition coefficient (Wildman–Crippen LogP) is 6.71. The van der Waals surface area contributed by atoms with E-state index in [1.54, 1.807) is 47.8 Å². The number of aryl methyl sites for hydroxylation is 2. The number of carbonyl (C=O) groups excluding carboxylic acids is 2. The molecule has 4 aromatic rings. The Morgan fingerprint density at radius 2 is 1.85 bits per heavy atom. The van der Waals surface area contributed by atoms with Crippen molar-refractivity contribution in [2.45, 2.75) is 57.8 Å². The number of fused-ring (bicyclic) bond motifs is 2. The van der Waals surface area contributed by atoms with Gasteiger partial charge in [0.05, 0.1) is 30.0 Å². The van der Waals surface area contributed by atoms with Crippen molar-refractivity contribution in [3.63, 3.8) is 0 Å². The number of hydrogen-bond acceptors (Lipinski definition) is 5. The van der Waals surface area contributed by atoms with E-state index in [1.807, 2.05) is 11.6 Å². The average molecular weight is 646 g/mol. The third kappa shape index (κ3) is 6.91. The first-order chi connectivity index (χ1) is 22.5. The van der Waals surface area contributed by atoms with Gasteiger partial charge in [0.25, 0.3) is 5.91 Å². The Hall–Kier alpha value is -5.00. The molecule has 0 unspecified atom stereocenters. The minimum atomic E-state index is -4.61. The number of alkyl halides is 3. The minimum Gasteiger partial charge on any atom is -0.320 e. The van der Waals surface area contributed by atoms with Crippen molar-refractivity contribution in [3.05, 3.63) is 115 Å². The molecule has 0 spiro atoms.